The number of nitrogens with zero attached hydrogens (tertiary/aromatic N) is 3. The molecular weight excluding hydrogens is 372 g/mol. The lowest BCUT2D eigenvalue weighted by Crippen LogP contribution is -2.22. The highest BCUT2D eigenvalue weighted by molar-refractivity contribution is 5.91. The largest absolute Gasteiger partial charge is 0.361 e. The normalized spacial score (nSPS) is 11.3. The van der Waals surface area contributed by atoms with Gasteiger partial charge >= 0.3 is 0 Å². The summed E-state index contributed by atoms with van der Waals surface area (Å²) in [5.74, 6) is 3.09. The standard InChI is InChI=1S/C25H16N4O/c1-2-17-9-12-19(13-10-17)29-23(28-24-21(25(29)30)7-5-15-26-24)14-11-18-16-27-22-8-4-3-6-20(18)22/h1,3-16,27H. The average molecular weight is 388 g/mol. The van der Waals surface area contributed by atoms with E-state index < -0.39 is 0 Å². The van der Waals surface area contributed by atoms with Crippen LogP contribution in [0.15, 0.2) is 77.9 Å². The Labute approximate surface area is 172 Å². The van der Waals surface area contributed by atoms with E-state index in [9.17, 15) is 4.79 Å². The maximum absolute atomic E-state index is 13.3. The highest BCUT2D eigenvalue weighted by Crippen LogP contribution is 2.21. The highest BCUT2D eigenvalue weighted by Gasteiger charge is 2.12. The van der Waals surface area contributed by atoms with Crippen molar-refractivity contribution in [3.63, 3.8) is 0 Å². The van der Waals surface area contributed by atoms with E-state index in [1.54, 1.807) is 22.9 Å². The van der Waals surface area contributed by atoms with Crippen LogP contribution in [0.5, 0.6) is 0 Å². The number of terminal acetylenes is 1. The first-order valence-electron chi connectivity index (χ1n) is 9.43. The molecule has 0 aliphatic heterocycles. The predicted octanol–water partition coefficient (Wildman–Crippen LogP) is 4.41. The van der Waals surface area contributed by atoms with Crippen molar-refractivity contribution < 1.29 is 0 Å². The number of benzene rings is 2. The minimum Gasteiger partial charge on any atom is -0.361 e. The zero-order valence-corrected chi connectivity index (χ0v) is 15.9. The van der Waals surface area contributed by atoms with Crippen molar-refractivity contribution in [3.8, 4) is 18.0 Å². The summed E-state index contributed by atoms with van der Waals surface area (Å²) < 4.78 is 1.58. The fraction of sp³-hybridized carbons (Fsp3) is 0. The Kier molecular flexibility index (Phi) is 4.23. The highest BCUT2D eigenvalue weighted by atomic mass is 16.1. The molecule has 0 fully saturated rings. The molecule has 0 aliphatic rings. The molecule has 0 radical (unpaired) electrons. The Bertz CT molecular complexity index is 1520. The van der Waals surface area contributed by atoms with Gasteiger partial charge in [0, 0.05) is 28.9 Å². The lowest BCUT2D eigenvalue weighted by atomic mass is 10.1. The molecular formula is C25H16N4O. The van der Waals surface area contributed by atoms with Crippen LogP contribution in [0.1, 0.15) is 17.0 Å². The van der Waals surface area contributed by atoms with Crippen molar-refractivity contribution in [2.24, 2.45) is 0 Å². The molecule has 3 aromatic heterocycles. The van der Waals surface area contributed by atoms with Crippen molar-refractivity contribution in [3.05, 3.63) is 100 Å². The third kappa shape index (κ3) is 2.97. The van der Waals surface area contributed by atoms with Crippen LogP contribution in [0.4, 0.5) is 0 Å². The van der Waals surface area contributed by atoms with Gasteiger partial charge in [0.15, 0.2) is 5.65 Å². The first-order chi connectivity index (χ1) is 14.7. The number of aromatic amines is 1. The lowest BCUT2D eigenvalue weighted by molar-refractivity contribution is 0.937. The van der Waals surface area contributed by atoms with E-state index in [1.807, 2.05) is 66.9 Å². The number of pyridine rings is 1. The number of rotatable bonds is 3. The van der Waals surface area contributed by atoms with Gasteiger partial charge in [0.1, 0.15) is 5.82 Å². The summed E-state index contributed by atoms with van der Waals surface area (Å²) in [6, 6.07) is 18.8. The molecule has 0 bridgehead atoms. The Morgan fingerprint density at radius 3 is 2.60 bits per heavy atom. The number of H-pyrrole nitrogens is 1. The smallest absolute Gasteiger partial charge is 0.267 e. The quantitative estimate of drug-likeness (QED) is 0.466. The molecule has 5 rings (SSSR count). The first kappa shape index (κ1) is 17.7. The average Bonchev–Trinajstić information content (AvgIpc) is 3.21. The second-order valence-corrected chi connectivity index (χ2v) is 6.80. The van der Waals surface area contributed by atoms with Gasteiger partial charge in [-0.3, -0.25) is 9.36 Å². The Morgan fingerprint density at radius 1 is 0.967 bits per heavy atom. The molecule has 0 aliphatic carbocycles. The van der Waals surface area contributed by atoms with E-state index in [-0.39, 0.29) is 5.56 Å². The van der Waals surface area contributed by atoms with E-state index in [0.717, 1.165) is 22.0 Å². The maximum Gasteiger partial charge on any atom is 0.267 e. The Morgan fingerprint density at radius 2 is 1.77 bits per heavy atom. The van der Waals surface area contributed by atoms with E-state index in [1.165, 1.54) is 0 Å². The molecule has 0 spiro atoms. The molecule has 3 heterocycles. The summed E-state index contributed by atoms with van der Waals surface area (Å²) in [4.78, 5) is 25.5. The number of hydrogen-bond donors (Lipinski definition) is 1. The van der Waals surface area contributed by atoms with Gasteiger partial charge in [-0.2, -0.15) is 0 Å². The summed E-state index contributed by atoms with van der Waals surface area (Å²) in [5, 5.41) is 1.56. The van der Waals surface area contributed by atoms with E-state index in [2.05, 4.69) is 20.9 Å². The molecule has 0 saturated heterocycles. The van der Waals surface area contributed by atoms with E-state index in [4.69, 9.17) is 6.42 Å². The third-order valence-electron chi connectivity index (χ3n) is 5.00. The summed E-state index contributed by atoms with van der Waals surface area (Å²) >= 11 is 0. The summed E-state index contributed by atoms with van der Waals surface area (Å²) in [7, 11) is 0. The van der Waals surface area contributed by atoms with Gasteiger partial charge in [-0.1, -0.05) is 24.1 Å². The monoisotopic (exact) mass is 388 g/mol. The van der Waals surface area contributed by atoms with Crippen molar-refractivity contribution in [1.82, 2.24) is 19.5 Å². The number of nitrogens with one attached hydrogen (secondary N) is 1. The second kappa shape index (κ2) is 7.19. The predicted molar refractivity (Wildman–Crippen MR) is 120 cm³/mol. The van der Waals surface area contributed by atoms with E-state index >= 15 is 0 Å². The molecule has 0 unspecified atom stereocenters. The fourth-order valence-electron chi connectivity index (χ4n) is 3.50. The van der Waals surface area contributed by atoms with Gasteiger partial charge in [-0.05, 0) is 60.2 Å². The van der Waals surface area contributed by atoms with Crippen LogP contribution in [-0.4, -0.2) is 19.5 Å². The number of para-hydroxylation sites is 1. The molecule has 1 N–H and O–H groups in total. The minimum atomic E-state index is -0.180. The van der Waals surface area contributed by atoms with Crippen LogP contribution in [-0.2, 0) is 0 Å². The third-order valence-corrected chi connectivity index (χ3v) is 5.00. The topological polar surface area (TPSA) is 63.6 Å². The van der Waals surface area contributed by atoms with Gasteiger partial charge < -0.3 is 4.98 Å². The number of hydrogen-bond acceptors (Lipinski definition) is 3. The van der Waals surface area contributed by atoms with Gasteiger partial charge in [0.25, 0.3) is 5.56 Å². The van der Waals surface area contributed by atoms with Gasteiger partial charge in [0.05, 0.1) is 11.1 Å². The zero-order chi connectivity index (χ0) is 20.5. The number of fused-ring (bicyclic) bond motifs is 2. The minimum absolute atomic E-state index is 0.180. The molecule has 0 saturated carbocycles. The Hall–Kier alpha value is -4.43. The van der Waals surface area contributed by atoms with Gasteiger partial charge in [0.2, 0.25) is 0 Å². The Balaban J connectivity index is 1.71. The summed E-state index contributed by atoms with van der Waals surface area (Å²) in [5.41, 5.74) is 3.73. The van der Waals surface area contributed by atoms with Crippen LogP contribution in [0.2, 0.25) is 0 Å². The lowest BCUT2D eigenvalue weighted by Gasteiger charge is -2.11. The van der Waals surface area contributed by atoms with Crippen LogP contribution in [0.25, 0.3) is 39.8 Å². The fourth-order valence-corrected chi connectivity index (χ4v) is 3.50. The molecule has 0 atom stereocenters. The van der Waals surface area contributed by atoms with Crippen molar-refractivity contribution in [2.75, 3.05) is 0 Å². The van der Waals surface area contributed by atoms with Crippen LogP contribution >= 0.6 is 0 Å². The van der Waals surface area contributed by atoms with Gasteiger partial charge in [-0.15, -0.1) is 6.42 Å². The van der Waals surface area contributed by atoms with Crippen LogP contribution < -0.4 is 5.56 Å². The summed E-state index contributed by atoms with van der Waals surface area (Å²) in [6.45, 7) is 0. The zero-order valence-electron chi connectivity index (χ0n) is 15.9. The SMILES string of the molecule is C#Cc1ccc(-n2c(C=Cc3c[nH]c4ccccc34)nc3ncccc3c2=O)cc1. The van der Waals surface area contributed by atoms with Crippen molar-refractivity contribution in [2.45, 2.75) is 0 Å². The van der Waals surface area contributed by atoms with Crippen LogP contribution in [0.3, 0.4) is 0 Å². The maximum atomic E-state index is 13.3. The molecule has 5 heteroatoms. The van der Waals surface area contributed by atoms with Gasteiger partial charge in [-0.25, -0.2) is 9.97 Å². The molecule has 2 aromatic carbocycles. The molecule has 142 valence electrons. The molecule has 0 amide bonds. The number of aromatic nitrogens is 4. The first-order valence-corrected chi connectivity index (χ1v) is 9.43. The summed E-state index contributed by atoms with van der Waals surface area (Å²) in [6.07, 6.45) is 12.8. The molecule has 5 nitrogen and oxygen atoms in total. The van der Waals surface area contributed by atoms with Crippen LogP contribution in [0, 0.1) is 12.3 Å². The molecule has 5 aromatic rings. The van der Waals surface area contributed by atoms with Crippen molar-refractivity contribution >= 4 is 34.1 Å². The van der Waals surface area contributed by atoms with Crippen molar-refractivity contribution in [1.29, 1.82) is 0 Å². The molecule has 30 heavy (non-hydrogen) atoms. The second-order valence-electron chi connectivity index (χ2n) is 6.80. The van der Waals surface area contributed by atoms with E-state index in [0.29, 0.717) is 22.5 Å².